The van der Waals surface area contributed by atoms with E-state index in [2.05, 4.69) is 12.2 Å². The van der Waals surface area contributed by atoms with Gasteiger partial charge in [-0.3, -0.25) is 0 Å². The van der Waals surface area contributed by atoms with Crippen molar-refractivity contribution in [2.45, 2.75) is 51.6 Å². The summed E-state index contributed by atoms with van der Waals surface area (Å²) in [5.41, 5.74) is 7.72. The highest BCUT2D eigenvalue weighted by Gasteiger charge is 2.15. The van der Waals surface area contributed by atoms with Crippen molar-refractivity contribution in [3.63, 3.8) is 0 Å². The van der Waals surface area contributed by atoms with E-state index in [0.29, 0.717) is 6.04 Å². The first-order valence-electron chi connectivity index (χ1n) is 6.92. The molecule has 2 rings (SSSR count). The summed E-state index contributed by atoms with van der Waals surface area (Å²) in [5, 5.41) is 4.36. The van der Waals surface area contributed by atoms with Gasteiger partial charge in [-0.15, -0.1) is 0 Å². The fraction of sp³-hybridized carbons (Fsp3) is 0.600. The summed E-state index contributed by atoms with van der Waals surface area (Å²) in [5.74, 6) is 0.888. The molecule has 0 aromatic heterocycles. The standard InChI is InChI=1S/C15H23ClN2/c1-11-3-2-4-15(6-5-11)18-10-12-7-13(16)9-14(17)8-12/h7-9,11,15,18H,2-6,10,17H2,1H3. The van der Waals surface area contributed by atoms with Crippen molar-refractivity contribution in [2.24, 2.45) is 5.92 Å². The molecule has 1 aromatic rings. The van der Waals surface area contributed by atoms with Crippen molar-refractivity contribution in [1.29, 1.82) is 0 Å². The predicted molar refractivity (Wildman–Crippen MR) is 78.7 cm³/mol. The van der Waals surface area contributed by atoms with Gasteiger partial charge in [0.1, 0.15) is 0 Å². The highest BCUT2D eigenvalue weighted by Crippen LogP contribution is 2.23. The highest BCUT2D eigenvalue weighted by atomic mass is 35.5. The molecule has 100 valence electrons. The lowest BCUT2D eigenvalue weighted by Gasteiger charge is -2.16. The van der Waals surface area contributed by atoms with Crippen molar-refractivity contribution in [2.75, 3.05) is 5.73 Å². The van der Waals surface area contributed by atoms with Crippen molar-refractivity contribution < 1.29 is 0 Å². The lowest BCUT2D eigenvalue weighted by atomic mass is 10.0. The van der Waals surface area contributed by atoms with Crippen molar-refractivity contribution in [3.05, 3.63) is 28.8 Å². The summed E-state index contributed by atoms with van der Waals surface area (Å²) >= 11 is 6.01. The molecule has 0 spiro atoms. The Labute approximate surface area is 115 Å². The maximum atomic E-state index is 6.01. The van der Waals surface area contributed by atoms with E-state index in [4.69, 9.17) is 17.3 Å². The third kappa shape index (κ3) is 4.18. The third-order valence-electron chi connectivity index (χ3n) is 3.83. The van der Waals surface area contributed by atoms with Gasteiger partial charge < -0.3 is 11.1 Å². The summed E-state index contributed by atoms with van der Waals surface area (Å²) in [4.78, 5) is 0. The van der Waals surface area contributed by atoms with Crippen molar-refractivity contribution in [3.8, 4) is 0 Å². The summed E-state index contributed by atoms with van der Waals surface area (Å²) in [6.07, 6.45) is 6.64. The second-order valence-corrected chi connectivity index (χ2v) is 6.02. The second-order valence-electron chi connectivity index (χ2n) is 5.58. The number of benzene rings is 1. The van der Waals surface area contributed by atoms with Crippen LogP contribution in [0.5, 0.6) is 0 Å². The Morgan fingerprint density at radius 3 is 2.83 bits per heavy atom. The molecule has 1 aliphatic rings. The molecule has 2 nitrogen and oxygen atoms in total. The van der Waals surface area contributed by atoms with Gasteiger partial charge in [-0.1, -0.05) is 31.4 Å². The van der Waals surface area contributed by atoms with Crippen molar-refractivity contribution >= 4 is 17.3 Å². The van der Waals surface area contributed by atoms with Gasteiger partial charge >= 0.3 is 0 Å². The highest BCUT2D eigenvalue weighted by molar-refractivity contribution is 6.30. The molecule has 3 N–H and O–H groups in total. The summed E-state index contributed by atoms with van der Waals surface area (Å²) < 4.78 is 0. The number of anilines is 1. The molecular formula is C15H23ClN2. The largest absolute Gasteiger partial charge is 0.399 e. The Bertz CT molecular complexity index is 372. The van der Waals surface area contributed by atoms with Crippen LogP contribution in [0.15, 0.2) is 18.2 Å². The monoisotopic (exact) mass is 266 g/mol. The zero-order valence-electron chi connectivity index (χ0n) is 11.1. The van der Waals surface area contributed by atoms with Gasteiger partial charge in [-0.25, -0.2) is 0 Å². The molecule has 0 aliphatic heterocycles. The van der Waals surface area contributed by atoms with E-state index >= 15 is 0 Å². The van der Waals surface area contributed by atoms with Crippen LogP contribution in [0.2, 0.25) is 5.02 Å². The number of halogens is 1. The molecule has 1 saturated carbocycles. The smallest absolute Gasteiger partial charge is 0.0429 e. The summed E-state index contributed by atoms with van der Waals surface area (Å²) in [6, 6.07) is 6.43. The molecule has 0 amide bonds. The Kier molecular flexibility index (Phi) is 4.90. The van der Waals surface area contributed by atoms with E-state index in [1.165, 1.54) is 37.7 Å². The summed E-state index contributed by atoms with van der Waals surface area (Å²) in [7, 11) is 0. The maximum Gasteiger partial charge on any atom is 0.0429 e. The topological polar surface area (TPSA) is 38.0 Å². The van der Waals surface area contributed by atoms with Crippen LogP contribution in [0.4, 0.5) is 5.69 Å². The number of nitrogens with two attached hydrogens (primary N) is 1. The lowest BCUT2D eigenvalue weighted by Crippen LogP contribution is -2.28. The van der Waals surface area contributed by atoms with Crippen LogP contribution in [-0.2, 0) is 6.54 Å². The Morgan fingerprint density at radius 1 is 1.22 bits per heavy atom. The average molecular weight is 267 g/mol. The van der Waals surface area contributed by atoms with Gasteiger partial charge in [-0.2, -0.15) is 0 Å². The van der Waals surface area contributed by atoms with E-state index in [-0.39, 0.29) is 0 Å². The quantitative estimate of drug-likeness (QED) is 0.642. The Balaban J connectivity index is 1.86. The van der Waals surface area contributed by atoms with Crippen LogP contribution in [0.1, 0.15) is 44.6 Å². The van der Waals surface area contributed by atoms with Gasteiger partial charge in [0.25, 0.3) is 0 Å². The van der Waals surface area contributed by atoms with E-state index in [1.807, 2.05) is 12.1 Å². The SMILES string of the molecule is CC1CCCC(NCc2cc(N)cc(Cl)c2)CC1. The van der Waals surface area contributed by atoms with Crippen LogP contribution < -0.4 is 11.1 Å². The first-order valence-corrected chi connectivity index (χ1v) is 7.29. The molecule has 0 heterocycles. The normalized spacial score (nSPS) is 24.8. The van der Waals surface area contributed by atoms with Crippen molar-refractivity contribution in [1.82, 2.24) is 5.32 Å². The molecule has 18 heavy (non-hydrogen) atoms. The maximum absolute atomic E-state index is 6.01. The summed E-state index contributed by atoms with van der Waals surface area (Å²) in [6.45, 7) is 3.23. The first-order chi connectivity index (χ1) is 8.63. The van der Waals surface area contributed by atoms with Gasteiger partial charge in [0.05, 0.1) is 0 Å². The molecule has 2 unspecified atom stereocenters. The van der Waals surface area contributed by atoms with Gasteiger partial charge in [-0.05, 0) is 48.9 Å². The fourth-order valence-electron chi connectivity index (χ4n) is 2.73. The van der Waals surface area contributed by atoms with Gasteiger partial charge in [0.15, 0.2) is 0 Å². The van der Waals surface area contributed by atoms with E-state index in [1.54, 1.807) is 6.07 Å². The molecule has 0 bridgehead atoms. The molecule has 3 heteroatoms. The molecule has 2 atom stereocenters. The fourth-order valence-corrected chi connectivity index (χ4v) is 3.00. The molecule has 0 saturated heterocycles. The van der Waals surface area contributed by atoms with Gasteiger partial charge in [0.2, 0.25) is 0 Å². The lowest BCUT2D eigenvalue weighted by molar-refractivity contribution is 0.447. The van der Waals surface area contributed by atoms with E-state index in [9.17, 15) is 0 Å². The second kappa shape index (κ2) is 6.44. The van der Waals surface area contributed by atoms with Gasteiger partial charge in [0, 0.05) is 23.3 Å². The zero-order chi connectivity index (χ0) is 13.0. The molecule has 0 radical (unpaired) electrons. The molecule has 1 fully saturated rings. The number of hydrogen-bond donors (Lipinski definition) is 2. The molecular weight excluding hydrogens is 244 g/mol. The minimum absolute atomic E-state index is 0.648. The van der Waals surface area contributed by atoms with E-state index < -0.39 is 0 Å². The van der Waals surface area contributed by atoms with Crippen LogP contribution in [0, 0.1) is 5.92 Å². The minimum Gasteiger partial charge on any atom is -0.399 e. The number of nitrogen functional groups attached to an aromatic ring is 1. The van der Waals surface area contributed by atoms with Crippen LogP contribution in [0.3, 0.4) is 0 Å². The van der Waals surface area contributed by atoms with Crippen LogP contribution in [0.25, 0.3) is 0 Å². The van der Waals surface area contributed by atoms with Crippen LogP contribution in [-0.4, -0.2) is 6.04 Å². The molecule has 1 aliphatic carbocycles. The minimum atomic E-state index is 0.648. The Morgan fingerprint density at radius 2 is 2.06 bits per heavy atom. The Hall–Kier alpha value is -0.730. The first kappa shape index (κ1) is 13.7. The number of hydrogen-bond acceptors (Lipinski definition) is 2. The molecule has 1 aromatic carbocycles. The zero-order valence-corrected chi connectivity index (χ0v) is 11.8. The number of nitrogens with one attached hydrogen (secondary N) is 1. The third-order valence-corrected chi connectivity index (χ3v) is 4.05. The van der Waals surface area contributed by atoms with Crippen LogP contribution >= 0.6 is 11.6 Å². The average Bonchev–Trinajstić information content (AvgIpc) is 2.50. The predicted octanol–water partition coefficient (Wildman–Crippen LogP) is 3.98. The van der Waals surface area contributed by atoms with E-state index in [0.717, 1.165) is 23.2 Å². The number of rotatable bonds is 3.